The Morgan fingerprint density at radius 2 is 1.65 bits per heavy atom. The van der Waals surface area contributed by atoms with Crippen molar-refractivity contribution in [2.75, 3.05) is 30.4 Å². The van der Waals surface area contributed by atoms with Crippen LogP contribution in [0.5, 0.6) is 11.5 Å². The molecule has 198 valence electrons. The van der Waals surface area contributed by atoms with Crippen molar-refractivity contribution in [3.63, 3.8) is 0 Å². The molecule has 0 radical (unpaired) electrons. The molecule has 0 spiro atoms. The number of hydrogen-bond acceptors (Lipinski definition) is 5. The van der Waals surface area contributed by atoms with Gasteiger partial charge in [-0.1, -0.05) is 17.7 Å². The topological polar surface area (TPSA) is 84.9 Å². The van der Waals surface area contributed by atoms with Crippen LogP contribution in [0.3, 0.4) is 0 Å². The van der Waals surface area contributed by atoms with Crippen LogP contribution >= 0.6 is 11.6 Å². The molecule has 37 heavy (non-hydrogen) atoms. The number of carbonyl (C=O) groups is 1. The van der Waals surface area contributed by atoms with Gasteiger partial charge in [0, 0.05) is 5.69 Å². The number of anilines is 2. The third-order valence-corrected chi connectivity index (χ3v) is 7.24. The molecule has 1 amide bonds. The fourth-order valence-corrected chi connectivity index (χ4v) is 5.29. The van der Waals surface area contributed by atoms with Crippen LogP contribution in [0.4, 0.5) is 28.9 Å². The van der Waals surface area contributed by atoms with Crippen molar-refractivity contribution in [2.24, 2.45) is 0 Å². The molecule has 0 bridgehead atoms. The highest BCUT2D eigenvalue weighted by Gasteiger charge is 2.35. The first-order valence-electron chi connectivity index (χ1n) is 10.5. The number of rotatable bonds is 8. The van der Waals surface area contributed by atoms with E-state index in [0.717, 1.165) is 10.4 Å². The van der Waals surface area contributed by atoms with E-state index in [1.165, 1.54) is 44.6 Å². The van der Waals surface area contributed by atoms with E-state index in [1.807, 2.05) is 0 Å². The summed E-state index contributed by atoms with van der Waals surface area (Å²) in [6.07, 6.45) is -5.00. The van der Waals surface area contributed by atoms with Crippen molar-refractivity contribution >= 4 is 38.9 Å². The van der Waals surface area contributed by atoms with Gasteiger partial charge in [0.15, 0.2) is 0 Å². The standard InChI is InChI=1S/C24H21ClF4N2O5S/c1-14-4-8-21(36-3)22(10-14)37(33,34)31(16-6-9-20(35-2)18(25)12-16)13-23(32)30-15-5-7-19(26)17(11-15)24(27,28)29/h4-12H,13H2,1-3H3,(H,30,32). The minimum atomic E-state index is -5.00. The number of hydrogen-bond donors (Lipinski definition) is 1. The molecule has 0 aliphatic heterocycles. The summed E-state index contributed by atoms with van der Waals surface area (Å²) in [6.45, 7) is 0.799. The van der Waals surface area contributed by atoms with E-state index >= 15 is 0 Å². The fraction of sp³-hybridized carbons (Fsp3) is 0.208. The van der Waals surface area contributed by atoms with Crippen LogP contribution in [0.1, 0.15) is 11.1 Å². The number of benzene rings is 3. The molecule has 3 aromatic rings. The van der Waals surface area contributed by atoms with Gasteiger partial charge in [0.2, 0.25) is 5.91 Å². The van der Waals surface area contributed by atoms with Crippen LogP contribution in [-0.4, -0.2) is 35.1 Å². The summed E-state index contributed by atoms with van der Waals surface area (Å²) in [7, 11) is -1.84. The molecule has 0 unspecified atom stereocenters. The van der Waals surface area contributed by atoms with Crippen LogP contribution in [-0.2, 0) is 21.0 Å². The molecule has 1 N–H and O–H groups in total. The Labute approximate surface area is 215 Å². The molecule has 0 atom stereocenters. The minimum absolute atomic E-state index is 0.00368. The highest BCUT2D eigenvalue weighted by atomic mass is 35.5. The largest absolute Gasteiger partial charge is 0.495 e. The fourth-order valence-electron chi connectivity index (χ4n) is 3.38. The van der Waals surface area contributed by atoms with E-state index in [-0.39, 0.29) is 32.8 Å². The molecule has 0 heterocycles. The summed E-state index contributed by atoms with van der Waals surface area (Å²) < 4.78 is 91.3. The SMILES string of the molecule is COc1ccc(N(CC(=O)Nc2ccc(F)c(C(F)(F)F)c2)S(=O)(=O)c2cc(C)ccc2OC)cc1Cl. The summed E-state index contributed by atoms with van der Waals surface area (Å²) in [5.41, 5.74) is -1.40. The van der Waals surface area contributed by atoms with Gasteiger partial charge in [-0.05, 0) is 61.0 Å². The highest BCUT2D eigenvalue weighted by molar-refractivity contribution is 7.93. The molecule has 0 saturated carbocycles. The number of ether oxygens (including phenoxy) is 2. The van der Waals surface area contributed by atoms with Crippen LogP contribution in [0, 0.1) is 12.7 Å². The number of amides is 1. The summed E-state index contributed by atoms with van der Waals surface area (Å²) in [5.74, 6) is -2.27. The number of nitrogens with one attached hydrogen (secondary N) is 1. The number of aryl methyl sites for hydroxylation is 1. The lowest BCUT2D eigenvalue weighted by atomic mass is 10.2. The number of carbonyl (C=O) groups excluding carboxylic acids is 1. The molecule has 3 aromatic carbocycles. The van der Waals surface area contributed by atoms with Gasteiger partial charge >= 0.3 is 6.18 Å². The molecule has 0 fully saturated rings. The van der Waals surface area contributed by atoms with E-state index in [1.54, 1.807) is 13.0 Å². The highest BCUT2D eigenvalue weighted by Crippen LogP contribution is 2.35. The third-order valence-electron chi connectivity index (χ3n) is 5.15. The maximum absolute atomic E-state index is 13.7. The van der Waals surface area contributed by atoms with Crippen molar-refractivity contribution in [3.05, 3.63) is 76.6 Å². The Morgan fingerprint density at radius 3 is 2.24 bits per heavy atom. The maximum Gasteiger partial charge on any atom is 0.419 e. The molecule has 7 nitrogen and oxygen atoms in total. The first-order valence-corrected chi connectivity index (χ1v) is 12.3. The van der Waals surface area contributed by atoms with Crippen LogP contribution in [0.15, 0.2) is 59.5 Å². The monoisotopic (exact) mass is 560 g/mol. The molecular weight excluding hydrogens is 540 g/mol. The van der Waals surface area contributed by atoms with Crippen LogP contribution < -0.4 is 19.1 Å². The molecule has 0 aliphatic rings. The number of alkyl halides is 3. The van der Waals surface area contributed by atoms with E-state index in [4.69, 9.17) is 21.1 Å². The van der Waals surface area contributed by atoms with Gasteiger partial charge in [-0.25, -0.2) is 12.8 Å². The van der Waals surface area contributed by atoms with Gasteiger partial charge < -0.3 is 14.8 Å². The van der Waals surface area contributed by atoms with Gasteiger partial charge in [-0.15, -0.1) is 0 Å². The Bertz CT molecular complexity index is 1430. The van der Waals surface area contributed by atoms with Crippen LogP contribution in [0.2, 0.25) is 5.02 Å². The van der Waals surface area contributed by atoms with Crippen molar-refractivity contribution in [1.29, 1.82) is 0 Å². The van der Waals surface area contributed by atoms with Gasteiger partial charge in [0.1, 0.15) is 28.8 Å². The Balaban J connectivity index is 2.05. The molecule has 0 aromatic heterocycles. The molecule has 0 aliphatic carbocycles. The second kappa shape index (κ2) is 10.9. The lowest BCUT2D eigenvalue weighted by Crippen LogP contribution is -2.38. The first kappa shape index (κ1) is 28.1. The van der Waals surface area contributed by atoms with Crippen molar-refractivity contribution in [1.82, 2.24) is 0 Å². The second-order valence-corrected chi connectivity index (χ2v) is 9.96. The maximum atomic E-state index is 13.7. The van der Waals surface area contributed by atoms with Gasteiger partial charge in [0.05, 0.1) is 30.5 Å². The lowest BCUT2D eigenvalue weighted by Gasteiger charge is -2.25. The number of sulfonamides is 1. The van der Waals surface area contributed by atoms with Crippen molar-refractivity contribution < 1.29 is 40.2 Å². The number of nitrogens with zero attached hydrogens (tertiary/aromatic N) is 1. The summed E-state index contributed by atoms with van der Waals surface area (Å²) >= 11 is 6.18. The zero-order valence-corrected chi connectivity index (χ0v) is 21.3. The van der Waals surface area contributed by atoms with Crippen LogP contribution in [0.25, 0.3) is 0 Å². The van der Waals surface area contributed by atoms with Gasteiger partial charge in [-0.2, -0.15) is 13.2 Å². The van der Waals surface area contributed by atoms with Crippen molar-refractivity contribution in [2.45, 2.75) is 18.0 Å². The molecule has 3 rings (SSSR count). The predicted molar refractivity (Wildman–Crippen MR) is 130 cm³/mol. The number of halogens is 5. The van der Waals surface area contributed by atoms with Crippen molar-refractivity contribution in [3.8, 4) is 11.5 Å². The zero-order valence-electron chi connectivity index (χ0n) is 19.7. The molecular formula is C24H21ClF4N2O5S. The zero-order chi connectivity index (χ0) is 27.5. The summed E-state index contributed by atoms with van der Waals surface area (Å²) in [6, 6.07) is 10.3. The van der Waals surface area contributed by atoms with Gasteiger partial charge in [0.25, 0.3) is 10.0 Å². The average molecular weight is 561 g/mol. The van der Waals surface area contributed by atoms with E-state index < -0.39 is 40.0 Å². The van der Waals surface area contributed by atoms with E-state index in [0.29, 0.717) is 17.7 Å². The second-order valence-electron chi connectivity index (χ2n) is 7.73. The molecule has 13 heteroatoms. The minimum Gasteiger partial charge on any atom is -0.495 e. The molecule has 0 saturated heterocycles. The van der Waals surface area contributed by atoms with Gasteiger partial charge in [-0.3, -0.25) is 9.10 Å². The third kappa shape index (κ3) is 6.25. The van der Waals surface area contributed by atoms with E-state index in [2.05, 4.69) is 5.32 Å². The Hall–Kier alpha value is -3.51. The smallest absolute Gasteiger partial charge is 0.419 e. The summed E-state index contributed by atoms with van der Waals surface area (Å²) in [4.78, 5) is 12.6. The quantitative estimate of drug-likeness (QED) is 0.360. The first-order chi connectivity index (χ1) is 17.3. The Kier molecular flexibility index (Phi) is 8.23. The summed E-state index contributed by atoms with van der Waals surface area (Å²) in [5, 5.41) is 2.23. The lowest BCUT2D eigenvalue weighted by molar-refractivity contribution is -0.140. The predicted octanol–water partition coefficient (Wildman–Crippen LogP) is 5.66. The average Bonchev–Trinajstić information content (AvgIpc) is 2.83. The Morgan fingerprint density at radius 1 is 1.00 bits per heavy atom. The normalized spacial score (nSPS) is 11.7. The van der Waals surface area contributed by atoms with E-state index in [9.17, 15) is 30.8 Å². The number of methoxy groups -OCH3 is 2.